The molecule has 2 aromatic carbocycles. The minimum Gasteiger partial charge on any atom is -0.490 e. The summed E-state index contributed by atoms with van der Waals surface area (Å²) in [4.78, 5) is 5.49. The summed E-state index contributed by atoms with van der Waals surface area (Å²) in [7, 11) is 0. The van der Waals surface area contributed by atoms with Crippen LogP contribution in [0.3, 0.4) is 0 Å². The van der Waals surface area contributed by atoms with Gasteiger partial charge in [-0.3, -0.25) is 0 Å². The van der Waals surface area contributed by atoms with Crippen LogP contribution in [-0.2, 0) is 5.75 Å². The van der Waals surface area contributed by atoms with Crippen molar-refractivity contribution in [1.82, 2.24) is 10.1 Å². The van der Waals surface area contributed by atoms with E-state index in [1.165, 1.54) is 0 Å². The second-order valence-corrected chi connectivity index (χ2v) is 6.95. The monoisotopic (exact) mass is 374 g/mol. The molecule has 0 N–H and O–H groups in total. The number of aromatic nitrogens is 2. The molecule has 0 atom stereocenters. The minimum absolute atomic E-state index is 0.539. The summed E-state index contributed by atoms with van der Waals surface area (Å²) in [5.41, 5.74) is 0.836. The zero-order valence-electron chi connectivity index (χ0n) is 13.3. The van der Waals surface area contributed by atoms with Gasteiger partial charge in [0, 0.05) is 21.9 Å². The lowest BCUT2D eigenvalue weighted by Crippen LogP contribution is -1.97. The molecular weight excluding hydrogens is 360 g/mol. The molecule has 0 amide bonds. The SMILES string of the molecule is Clc1cccc(-c2noc(CSc3ccc4c(c3)OCCCO4)n2)c1. The molecule has 25 heavy (non-hydrogen) atoms. The van der Waals surface area contributed by atoms with Gasteiger partial charge in [0.2, 0.25) is 11.7 Å². The first-order valence-electron chi connectivity index (χ1n) is 7.89. The molecule has 3 aromatic rings. The largest absolute Gasteiger partial charge is 0.490 e. The standard InChI is InChI=1S/C18H15ClN2O3S/c19-13-4-1-3-12(9-13)18-20-17(24-21-18)11-25-14-5-6-15-16(10-14)23-8-2-7-22-15/h1,3-6,9-10H,2,7-8,11H2. The summed E-state index contributed by atoms with van der Waals surface area (Å²) in [6.07, 6.45) is 0.894. The molecule has 2 heterocycles. The van der Waals surface area contributed by atoms with Gasteiger partial charge in [-0.25, -0.2) is 0 Å². The number of fused-ring (bicyclic) bond motifs is 1. The van der Waals surface area contributed by atoms with Gasteiger partial charge in [-0.05, 0) is 30.3 Å². The Balaban J connectivity index is 1.44. The Kier molecular flexibility index (Phi) is 4.81. The molecule has 128 valence electrons. The lowest BCUT2D eigenvalue weighted by Gasteiger charge is -2.08. The lowest BCUT2D eigenvalue weighted by molar-refractivity contribution is 0.297. The second kappa shape index (κ2) is 7.37. The number of hydrogen-bond donors (Lipinski definition) is 0. The highest BCUT2D eigenvalue weighted by atomic mass is 35.5. The van der Waals surface area contributed by atoms with E-state index in [9.17, 15) is 0 Å². The Bertz CT molecular complexity index is 884. The van der Waals surface area contributed by atoms with E-state index < -0.39 is 0 Å². The normalized spacial score (nSPS) is 13.5. The molecule has 0 saturated carbocycles. The Morgan fingerprint density at radius 1 is 1.04 bits per heavy atom. The first kappa shape index (κ1) is 16.3. The maximum absolute atomic E-state index is 6.00. The van der Waals surface area contributed by atoms with E-state index >= 15 is 0 Å². The van der Waals surface area contributed by atoms with Gasteiger partial charge in [0.05, 0.1) is 19.0 Å². The predicted molar refractivity (Wildman–Crippen MR) is 96.4 cm³/mol. The van der Waals surface area contributed by atoms with E-state index in [1.54, 1.807) is 11.8 Å². The number of rotatable bonds is 4. The molecule has 4 rings (SSSR count). The van der Waals surface area contributed by atoms with Crippen LogP contribution >= 0.6 is 23.4 Å². The first-order chi connectivity index (χ1) is 12.3. The van der Waals surface area contributed by atoms with Crippen LogP contribution in [0.1, 0.15) is 12.3 Å². The van der Waals surface area contributed by atoms with Crippen molar-refractivity contribution < 1.29 is 14.0 Å². The van der Waals surface area contributed by atoms with Crippen LogP contribution < -0.4 is 9.47 Å². The van der Waals surface area contributed by atoms with Crippen molar-refractivity contribution in [2.75, 3.05) is 13.2 Å². The average molecular weight is 375 g/mol. The van der Waals surface area contributed by atoms with Crippen molar-refractivity contribution in [1.29, 1.82) is 0 Å². The molecule has 0 radical (unpaired) electrons. The molecule has 5 nitrogen and oxygen atoms in total. The molecule has 1 aliphatic rings. The molecule has 1 aromatic heterocycles. The number of halogens is 1. The van der Waals surface area contributed by atoms with Gasteiger partial charge in [0.25, 0.3) is 0 Å². The van der Waals surface area contributed by atoms with E-state index in [-0.39, 0.29) is 0 Å². The van der Waals surface area contributed by atoms with Gasteiger partial charge in [-0.1, -0.05) is 28.9 Å². The maximum atomic E-state index is 6.00. The fourth-order valence-corrected chi connectivity index (χ4v) is 3.39. The van der Waals surface area contributed by atoms with Gasteiger partial charge < -0.3 is 14.0 Å². The van der Waals surface area contributed by atoms with Crippen molar-refractivity contribution in [2.24, 2.45) is 0 Å². The Labute approximate surface area is 154 Å². The third kappa shape index (κ3) is 3.91. The Morgan fingerprint density at radius 3 is 2.80 bits per heavy atom. The van der Waals surface area contributed by atoms with Gasteiger partial charge in [-0.2, -0.15) is 4.98 Å². The van der Waals surface area contributed by atoms with Crippen molar-refractivity contribution in [3.63, 3.8) is 0 Å². The third-order valence-electron chi connectivity index (χ3n) is 3.63. The lowest BCUT2D eigenvalue weighted by atomic mass is 10.2. The van der Waals surface area contributed by atoms with Crippen molar-refractivity contribution in [3.8, 4) is 22.9 Å². The summed E-state index contributed by atoms with van der Waals surface area (Å²) in [6.45, 7) is 1.36. The highest BCUT2D eigenvalue weighted by Gasteiger charge is 2.13. The molecule has 1 aliphatic heterocycles. The molecule has 0 unspecified atom stereocenters. The number of ether oxygens (including phenoxy) is 2. The summed E-state index contributed by atoms with van der Waals surface area (Å²) in [6, 6.07) is 13.3. The molecule has 0 aliphatic carbocycles. The van der Waals surface area contributed by atoms with Crippen molar-refractivity contribution in [3.05, 3.63) is 53.4 Å². The van der Waals surface area contributed by atoms with Crippen molar-refractivity contribution in [2.45, 2.75) is 17.1 Å². The summed E-state index contributed by atoms with van der Waals surface area (Å²) < 4.78 is 16.7. The van der Waals surface area contributed by atoms with Crippen LogP contribution in [-0.4, -0.2) is 23.4 Å². The van der Waals surface area contributed by atoms with Gasteiger partial charge in [0.1, 0.15) is 0 Å². The van der Waals surface area contributed by atoms with Crippen LogP contribution in [0.15, 0.2) is 51.9 Å². The zero-order chi connectivity index (χ0) is 17.1. The van der Waals surface area contributed by atoms with E-state index in [2.05, 4.69) is 10.1 Å². The third-order valence-corrected chi connectivity index (χ3v) is 4.85. The smallest absolute Gasteiger partial charge is 0.237 e. The maximum Gasteiger partial charge on any atom is 0.237 e. The fraction of sp³-hybridized carbons (Fsp3) is 0.222. The quantitative estimate of drug-likeness (QED) is 0.609. The van der Waals surface area contributed by atoms with Crippen LogP contribution in [0.25, 0.3) is 11.4 Å². The summed E-state index contributed by atoms with van der Waals surface area (Å²) >= 11 is 7.61. The highest BCUT2D eigenvalue weighted by molar-refractivity contribution is 7.98. The number of hydrogen-bond acceptors (Lipinski definition) is 6. The van der Waals surface area contributed by atoms with Gasteiger partial charge in [0.15, 0.2) is 11.5 Å². The van der Waals surface area contributed by atoms with Crippen LogP contribution in [0, 0.1) is 0 Å². The predicted octanol–water partition coefficient (Wildman–Crippen LogP) is 4.84. The Hall–Kier alpha value is -2.18. The zero-order valence-corrected chi connectivity index (χ0v) is 14.8. The average Bonchev–Trinajstić information content (AvgIpc) is 2.98. The second-order valence-electron chi connectivity index (χ2n) is 5.47. The first-order valence-corrected chi connectivity index (χ1v) is 9.25. The Morgan fingerprint density at radius 2 is 1.92 bits per heavy atom. The summed E-state index contributed by atoms with van der Waals surface area (Å²) in [5.74, 6) is 3.26. The number of nitrogens with zero attached hydrogens (tertiary/aromatic N) is 2. The fourth-order valence-electron chi connectivity index (χ4n) is 2.44. The van der Waals surface area contributed by atoms with E-state index in [1.807, 2.05) is 42.5 Å². The van der Waals surface area contributed by atoms with Crippen molar-refractivity contribution >= 4 is 23.4 Å². The van der Waals surface area contributed by atoms with E-state index in [0.29, 0.717) is 35.7 Å². The summed E-state index contributed by atoms with van der Waals surface area (Å²) in [5, 5.41) is 4.66. The van der Waals surface area contributed by atoms with Crippen LogP contribution in [0.5, 0.6) is 11.5 Å². The van der Waals surface area contributed by atoms with E-state index in [0.717, 1.165) is 28.4 Å². The van der Waals surface area contributed by atoms with Gasteiger partial charge in [-0.15, -0.1) is 11.8 Å². The number of benzene rings is 2. The van der Waals surface area contributed by atoms with E-state index in [4.69, 9.17) is 25.6 Å². The number of thioether (sulfide) groups is 1. The molecule has 0 spiro atoms. The highest BCUT2D eigenvalue weighted by Crippen LogP contribution is 2.35. The van der Waals surface area contributed by atoms with Gasteiger partial charge >= 0.3 is 0 Å². The molecular formula is C18H15ClN2O3S. The molecule has 0 fully saturated rings. The molecule has 7 heteroatoms. The topological polar surface area (TPSA) is 57.4 Å². The molecule has 0 bridgehead atoms. The van der Waals surface area contributed by atoms with Crippen LogP contribution in [0.4, 0.5) is 0 Å². The minimum atomic E-state index is 0.539. The molecule has 0 saturated heterocycles. The van der Waals surface area contributed by atoms with Crippen LogP contribution in [0.2, 0.25) is 5.02 Å².